The van der Waals surface area contributed by atoms with Crippen LogP contribution in [-0.2, 0) is 0 Å². The van der Waals surface area contributed by atoms with Crippen LogP contribution in [0.15, 0.2) is 17.4 Å². The van der Waals surface area contributed by atoms with Crippen LogP contribution in [-0.4, -0.2) is 38.5 Å². The summed E-state index contributed by atoms with van der Waals surface area (Å²) in [4.78, 5) is 17.9. The van der Waals surface area contributed by atoms with Gasteiger partial charge in [0, 0.05) is 5.75 Å². The van der Waals surface area contributed by atoms with E-state index in [-0.39, 0.29) is 12.3 Å². The monoisotopic (exact) mass is 200 g/mol. The van der Waals surface area contributed by atoms with E-state index in [0.717, 1.165) is 0 Å². The Hall–Kier alpha value is -1.14. The molecule has 0 aliphatic rings. The van der Waals surface area contributed by atoms with Crippen molar-refractivity contribution >= 4 is 17.7 Å². The van der Waals surface area contributed by atoms with E-state index in [0.29, 0.717) is 10.8 Å². The number of hydrogen-bond donors (Lipinski definition) is 2. The summed E-state index contributed by atoms with van der Waals surface area (Å²) in [6, 6.07) is 0. The van der Waals surface area contributed by atoms with Crippen molar-refractivity contribution in [3.05, 3.63) is 18.1 Å². The number of nitrogens with zero attached hydrogens (tertiary/aromatic N) is 2. The Morgan fingerprint density at radius 3 is 2.69 bits per heavy atom. The average Bonchev–Trinajstić information content (AvgIpc) is 2.15. The fraction of sp³-hybridized carbons (Fsp3) is 0.286. The molecule has 0 saturated heterocycles. The molecule has 0 aliphatic carbocycles. The molecule has 0 amide bonds. The average molecular weight is 200 g/mol. The van der Waals surface area contributed by atoms with Crippen molar-refractivity contribution in [3.63, 3.8) is 0 Å². The summed E-state index contributed by atoms with van der Waals surface area (Å²) >= 11 is 1.32. The molecule has 0 radical (unpaired) electrons. The van der Waals surface area contributed by atoms with Crippen LogP contribution in [0, 0.1) is 0 Å². The molecule has 70 valence electrons. The van der Waals surface area contributed by atoms with Gasteiger partial charge >= 0.3 is 5.97 Å². The van der Waals surface area contributed by atoms with Gasteiger partial charge in [0.1, 0.15) is 5.03 Å². The lowest BCUT2D eigenvalue weighted by Crippen LogP contribution is -2.01. The Labute approximate surface area is 78.8 Å². The third-order valence-electron chi connectivity index (χ3n) is 1.19. The first-order valence-corrected chi connectivity index (χ1v) is 4.51. The highest BCUT2D eigenvalue weighted by molar-refractivity contribution is 7.99. The van der Waals surface area contributed by atoms with Crippen molar-refractivity contribution in [1.29, 1.82) is 0 Å². The summed E-state index contributed by atoms with van der Waals surface area (Å²) in [6.45, 7) is 0.0625. The summed E-state index contributed by atoms with van der Waals surface area (Å²) in [5, 5.41) is 17.6. The lowest BCUT2D eigenvalue weighted by atomic mass is 10.5. The zero-order valence-corrected chi connectivity index (χ0v) is 7.49. The molecule has 1 heterocycles. The van der Waals surface area contributed by atoms with E-state index >= 15 is 0 Å². The number of aromatic nitrogens is 2. The van der Waals surface area contributed by atoms with Crippen molar-refractivity contribution in [2.24, 2.45) is 0 Å². The van der Waals surface area contributed by atoms with Crippen LogP contribution < -0.4 is 0 Å². The second kappa shape index (κ2) is 4.78. The van der Waals surface area contributed by atoms with E-state index in [4.69, 9.17) is 10.2 Å². The first kappa shape index (κ1) is 9.94. The van der Waals surface area contributed by atoms with Gasteiger partial charge in [-0.3, -0.25) is 0 Å². The quantitative estimate of drug-likeness (QED) is 0.678. The normalized spacial score (nSPS) is 9.92. The van der Waals surface area contributed by atoms with Crippen LogP contribution in [0.5, 0.6) is 0 Å². The van der Waals surface area contributed by atoms with E-state index in [1.54, 1.807) is 0 Å². The molecule has 1 aromatic rings. The molecule has 5 nitrogen and oxygen atoms in total. The standard InChI is InChI=1S/C7H8N2O3S/c10-1-2-13-6-4-8-5(3-9-6)7(11)12/h3-4,10H,1-2H2,(H,11,12). The van der Waals surface area contributed by atoms with E-state index in [1.807, 2.05) is 0 Å². The van der Waals surface area contributed by atoms with Crippen molar-refractivity contribution in [2.75, 3.05) is 12.4 Å². The van der Waals surface area contributed by atoms with Crippen LogP contribution in [0.1, 0.15) is 10.5 Å². The van der Waals surface area contributed by atoms with Gasteiger partial charge in [-0.2, -0.15) is 0 Å². The lowest BCUT2D eigenvalue weighted by Gasteiger charge is -1.97. The van der Waals surface area contributed by atoms with Crippen LogP contribution in [0.25, 0.3) is 0 Å². The van der Waals surface area contributed by atoms with Crippen molar-refractivity contribution < 1.29 is 15.0 Å². The van der Waals surface area contributed by atoms with Crippen molar-refractivity contribution in [2.45, 2.75) is 5.03 Å². The summed E-state index contributed by atoms with van der Waals surface area (Å²) in [6.07, 6.45) is 2.58. The van der Waals surface area contributed by atoms with Crippen molar-refractivity contribution in [1.82, 2.24) is 9.97 Å². The number of aliphatic hydroxyl groups is 1. The summed E-state index contributed by atoms with van der Waals surface area (Å²) in [7, 11) is 0. The molecule has 0 unspecified atom stereocenters. The highest BCUT2D eigenvalue weighted by atomic mass is 32.2. The number of rotatable bonds is 4. The smallest absolute Gasteiger partial charge is 0.356 e. The van der Waals surface area contributed by atoms with Crippen LogP contribution >= 0.6 is 11.8 Å². The van der Waals surface area contributed by atoms with E-state index in [9.17, 15) is 4.79 Å². The minimum atomic E-state index is -1.09. The summed E-state index contributed by atoms with van der Waals surface area (Å²) in [5.74, 6) is -0.563. The topological polar surface area (TPSA) is 83.3 Å². The molecule has 0 aliphatic heterocycles. The molecule has 2 N–H and O–H groups in total. The highest BCUT2D eigenvalue weighted by Crippen LogP contribution is 2.12. The number of aliphatic hydroxyl groups excluding tert-OH is 1. The largest absolute Gasteiger partial charge is 0.476 e. The minimum absolute atomic E-state index is 0.0625. The van der Waals surface area contributed by atoms with Gasteiger partial charge in [0.05, 0.1) is 19.0 Å². The Bertz CT molecular complexity index is 288. The minimum Gasteiger partial charge on any atom is -0.476 e. The van der Waals surface area contributed by atoms with Crippen LogP contribution in [0.4, 0.5) is 0 Å². The van der Waals surface area contributed by atoms with Gasteiger partial charge in [-0.25, -0.2) is 14.8 Å². The molecule has 1 rings (SSSR count). The predicted octanol–water partition coefficient (Wildman–Crippen LogP) is 0.259. The highest BCUT2D eigenvalue weighted by Gasteiger charge is 2.04. The molecule has 0 bridgehead atoms. The zero-order chi connectivity index (χ0) is 9.68. The Kier molecular flexibility index (Phi) is 3.66. The Balaban J connectivity index is 2.64. The second-order valence-electron chi connectivity index (χ2n) is 2.12. The van der Waals surface area contributed by atoms with Crippen molar-refractivity contribution in [3.8, 4) is 0 Å². The van der Waals surface area contributed by atoms with Gasteiger partial charge in [-0.1, -0.05) is 0 Å². The number of carboxylic acid groups (broad SMARTS) is 1. The van der Waals surface area contributed by atoms with Gasteiger partial charge in [0.25, 0.3) is 0 Å². The molecule has 0 aromatic carbocycles. The molecular weight excluding hydrogens is 192 g/mol. The Morgan fingerprint density at radius 2 is 2.23 bits per heavy atom. The van der Waals surface area contributed by atoms with E-state index in [1.165, 1.54) is 24.2 Å². The fourth-order valence-corrected chi connectivity index (χ4v) is 1.21. The first-order chi connectivity index (χ1) is 6.24. The van der Waals surface area contributed by atoms with E-state index in [2.05, 4.69) is 9.97 Å². The molecule has 0 fully saturated rings. The van der Waals surface area contributed by atoms with Gasteiger partial charge < -0.3 is 10.2 Å². The van der Waals surface area contributed by atoms with Gasteiger partial charge in [-0.05, 0) is 0 Å². The number of carboxylic acids is 1. The maximum absolute atomic E-state index is 10.4. The van der Waals surface area contributed by atoms with Gasteiger partial charge in [-0.15, -0.1) is 11.8 Å². The maximum Gasteiger partial charge on any atom is 0.356 e. The number of aromatic carboxylic acids is 1. The number of thioether (sulfide) groups is 1. The lowest BCUT2D eigenvalue weighted by molar-refractivity contribution is 0.0689. The third-order valence-corrected chi connectivity index (χ3v) is 2.08. The summed E-state index contributed by atoms with van der Waals surface area (Å²) < 4.78 is 0. The Morgan fingerprint density at radius 1 is 1.46 bits per heavy atom. The van der Waals surface area contributed by atoms with Crippen LogP contribution in [0.3, 0.4) is 0 Å². The number of carbonyl (C=O) groups is 1. The zero-order valence-electron chi connectivity index (χ0n) is 6.67. The predicted molar refractivity (Wildman–Crippen MR) is 46.8 cm³/mol. The van der Waals surface area contributed by atoms with Crippen LogP contribution in [0.2, 0.25) is 0 Å². The molecule has 1 aromatic heterocycles. The molecule has 0 spiro atoms. The second-order valence-corrected chi connectivity index (χ2v) is 3.23. The molecule has 13 heavy (non-hydrogen) atoms. The maximum atomic E-state index is 10.4. The molecular formula is C7H8N2O3S. The SMILES string of the molecule is O=C(O)c1cnc(SCCO)cn1. The van der Waals surface area contributed by atoms with Gasteiger partial charge in [0.2, 0.25) is 0 Å². The summed E-state index contributed by atoms with van der Waals surface area (Å²) in [5.41, 5.74) is -0.0756. The fourth-order valence-electron chi connectivity index (χ4n) is 0.651. The molecule has 0 saturated carbocycles. The molecule has 0 atom stereocenters. The number of hydrogen-bond acceptors (Lipinski definition) is 5. The molecule has 6 heteroatoms. The first-order valence-electron chi connectivity index (χ1n) is 3.53. The third kappa shape index (κ3) is 3.00. The van der Waals surface area contributed by atoms with Gasteiger partial charge in [0.15, 0.2) is 5.69 Å². The van der Waals surface area contributed by atoms with E-state index < -0.39 is 5.97 Å².